The summed E-state index contributed by atoms with van der Waals surface area (Å²) in [6.45, 7) is 0. The maximum atomic E-state index is 5.45. The number of hydrogen-bond donors (Lipinski definition) is 0. The van der Waals surface area contributed by atoms with Gasteiger partial charge in [0, 0.05) is 45.2 Å². The molecule has 5 aliphatic rings. The number of aromatic nitrogens is 6. The smallest absolute Gasteiger partial charge is 0.164 e. The third kappa shape index (κ3) is 9.51. The van der Waals surface area contributed by atoms with E-state index in [0.717, 1.165) is 55.6 Å². The van der Waals surface area contributed by atoms with Crippen molar-refractivity contribution in [3.8, 4) is 113 Å². The van der Waals surface area contributed by atoms with E-state index in [1.165, 1.54) is 100 Å². The van der Waals surface area contributed by atoms with Crippen LogP contribution < -0.4 is 0 Å². The van der Waals surface area contributed by atoms with E-state index in [1.807, 2.05) is 36.4 Å². The van der Waals surface area contributed by atoms with Gasteiger partial charge in [0.15, 0.2) is 34.9 Å². The third-order valence-corrected chi connectivity index (χ3v) is 22.7. The van der Waals surface area contributed by atoms with Gasteiger partial charge in [0.2, 0.25) is 0 Å². The van der Waals surface area contributed by atoms with Crippen LogP contribution in [-0.2, 0) is 10.8 Å². The second kappa shape index (κ2) is 24.5. The molecule has 0 N–H and O–H groups in total. The monoisotopic (exact) mass is 1350 g/mol. The topological polar surface area (TPSA) is 77.3 Å². The van der Waals surface area contributed by atoms with E-state index in [2.05, 4.69) is 340 Å². The molecule has 0 aliphatic heterocycles. The molecule has 22 rings (SSSR count). The molecule has 2 bridgehead atoms. The molecule has 106 heavy (non-hydrogen) atoms. The average Bonchev–Trinajstić information content (AvgIpc) is 0.728. The van der Waals surface area contributed by atoms with Crippen LogP contribution in [0.15, 0.2) is 376 Å². The summed E-state index contributed by atoms with van der Waals surface area (Å²) in [6.07, 6.45) is 0. The summed E-state index contributed by atoms with van der Waals surface area (Å²) in [5, 5.41) is 0. The van der Waals surface area contributed by atoms with Crippen LogP contribution >= 0.6 is 0 Å². The molecule has 0 amide bonds. The minimum Gasteiger partial charge on any atom is -0.208 e. The molecule has 2 aromatic heterocycles. The van der Waals surface area contributed by atoms with Crippen LogP contribution in [0.2, 0.25) is 0 Å². The molecule has 15 aromatic carbocycles. The Bertz CT molecular complexity index is 5870. The molecule has 17 aromatic rings. The third-order valence-electron chi connectivity index (χ3n) is 22.7. The van der Waals surface area contributed by atoms with Gasteiger partial charge in [0.1, 0.15) is 0 Å². The fourth-order valence-corrected chi connectivity index (χ4v) is 18.1. The molecule has 0 spiro atoms. The van der Waals surface area contributed by atoms with Crippen molar-refractivity contribution in [1.82, 2.24) is 29.9 Å². The van der Waals surface area contributed by atoms with Crippen LogP contribution in [0.5, 0.6) is 0 Å². The molecule has 6 nitrogen and oxygen atoms in total. The van der Waals surface area contributed by atoms with Crippen LogP contribution in [0.3, 0.4) is 0 Å². The zero-order valence-corrected chi connectivity index (χ0v) is 57.6. The Morgan fingerprint density at radius 2 is 0.415 bits per heavy atom. The van der Waals surface area contributed by atoms with Crippen molar-refractivity contribution < 1.29 is 0 Å². The number of benzene rings is 15. The van der Waals surface area contributed by atoms with Crippen LogP contribution in [0.25, 0.3) is 113 Å². The summed E-state index contributed by atoms with van der Waals surface area (Å²) in [5.41, 5.74) is 31.5. The summed E-state index contributed by atoms with van der Waals surface area (Å²) >= 11 is 0. The normalized spacial score (nSPS) is 14.8. The highest BCUT2D eigenvalue weighted by Crippen LogP contribution is 2.60. The molecule has 0 saturated heterocycles. The first-order valence-corrected chi connectivity index (χ1v) is 36.5. The number of nitrogens with zero attached hydrogens (tertiary/aromatic N) is 6. The van der Waals surface area contributed by atoms with Crippen LogP contribution in [0.1, 0.15) is 89.7 Å². The van der Waals surface area contributed by atoms with Gasteiger partial charge < -0.3 is 0 Å². The summed E-state index contributed by atoms with van der Waals surface area (Å²) in [5.74, 6) is 3.57. The first kappa shape index (κ1) is 61.0. The minimum atomic E-state index is -0.525. The van der Waals surface area contributed by atoms with Gasteiger partial charge in [-0.25, -0.2) is 29.9 Å². The number of fused-ring (bicyclic) bond motifs is 6. The predicted octanol–water partition coefficient (Wildman–Crippen LogP) is 23.1. The fourth-order valence-electron chi connectivity index (χ4n) is 18.1. The molecule has 2 unspecified atom stereocenters. The van der Waals surface area contributed by atoms with E-state index in [1.54, 1.807) is 0 Å². The quantitative estimate of drug-likeness (QED) is 0.121. The molecule has 5 aliphatic carbocycles. The first-order chi connectivity index (χ1) is 52.5. The Morgan fingerprint density at radius 1 is 0.160 bits per heavy atom. The summed E-state index contributed by atoms with van der Waals surface area (Å²) in [6, 6.07) is 137. The molecule has 0 fully saturated rings. The second-order valence-corrected chi connectivity index (χ2v) is 28.3. The SMILES string of the molecule is c1ccc(-c2nc(-c3cccc(-c4ccc5c(c4)C(c4ccccc4)(c4ccccc4)c4ccccc4-5)c3)nc(-c3ccc4c(c3)C3c5ccccc5C4c4cc(-c5nc(-c6ccccc6)nc(-c6cccc(-c7ccc8c(c7)C(c7ccccc7)(c7ccccc7)c7ccccc7-8)c6)n5)ccc43)n2)cc1. The Hall–Kier alpha value is -13.7. The molecule has 0 saturated carbocycles. The maximum absolute atomic E-state index is 5.45. The molecular weight excluding hydrogens is 1290 g/mol. The van der Waals surface area contributed by atoms with Crippen molar-refractivity contribution in [2.24, 2.45) is 0 Å². The number of rotatable bonds is 12. The van der Waals surface area contributed by atoms with Crippen molar-refractivity contribution in [1.29, 1.82) is 0 Å². The first-order valence-electron chi connectivity index (χ1n) is 36.5. The molecule has 494 valence electrons. The van der Waals surface area contributed by atoms with E-state index < -0.39 is 10.8 Å². The lowest BCUT2D eigenvalue weighted by Crippen LogP contribution is -2.28. The molecule has 0 radical (unpaired) electrons. The highest BCUT2D eigenvalue weighted by Gasteiger charge is 2.48. The van der Waals surface area contributed by atoms with Gasteiger partial charge in [-0.15, -0.1) is 0 Å². The van der Waals surface area contributed by atoms with Crippen molar-refractivity contribution >= 4 is 0 Å². The van der Waals surface area contributed by atoms with Crippen molar-refractivity contribution in [3.63, 3.8) is 0 Å². The molecule has 6 heteroatoms. The highest BCUT2D eigenvalue weighted by molar-refractivity contribution is 5.91. The Labute approximate surface area is 615 Å². The Balaban J connectivity index is 0.647. The summed E-state index contributed by atoms with van der Waals surface area (Å²) in [7, 11) is 0. The lowest BCUT2D eigenvalue weighted by atomic mass is 9.61. The lowest BCUT2D eigenvalue weighted by Gasteiger charge is -2.42. The number of hydrogen-bond acceptors (Lipinski definition) is 6. The van der Waals surface area contributed by atoms with Gasteiger partial charge >= 0.3 is 0 Å². The summed E-state index contributed by atoms with van der Waals surface area (Å²) in [4.78, 5) is 32.2. The second-order valence-electron chi connectivity index (χ2n) is 28.3. The van der Waals surface area contributed by atoms with Gasteiger partial charge in [-0.05, 0) is 159 Å². The maximum Gasteiger partial charge on any atom is 0.164 e. The van der Waals surface area contributed by atoms with Gasteiger partial charge in [-0.1, -0.05) is 340 Å². The van der Waals surface area contributed by atoms with E-state index in [4.69, 9.17) is 29.9 Å². The predicted molar refractivity (Wildman–Crippen MR) is 426 cm³/mol. The molecule has 2 atom stereocenters. The highest BCUT2D eigenvalue weighted by atomic mass is 15.0. The average molecular weight is 1350 g/mol. The van der Waals surface area contributed by atoms with Crippen molar-refractivity contribution in [2.75, 3.05) is 0 Å². The van der Waals surface area contributed by atoms with Gasteiger partial charge in [0.05, 0.1) is 10.8 Å². The molecular formula is C100H64N6. The van der Waals surface area contributed by atoms with Gasteiger partial charge in [0.25, 0.3) is 0 Å². The van der Waals surface area contributed by atoms with E-state index in [9.17, 15) is 0 Å². The lowest BCUT2D eigenvalue weighted by molar-refractivity contribution is 0.754. The minimum absolute atomic E-state index is 0.0510. The van der Waals surface area contributed by atoms with Crippen molar-refractivity contribution in [3.05, 3.63) is 454 Å². The van der Waals surface area contributed by atoms with Crippen LogP contribution in [-0.4, -0.2) is 29.9 Å². The van der Waals surface area contributed by atoms with E-state index in [0.29, 0.717) is 34.9 Å². The summed E-state index contributed by atoms with van der Waals surface area (Å²) < 4.78 is 0. The van der Waals surface area contributed by atoms with E-state index >= 15 is 0 Å². The molecule has 2 heterocycles. The van der Waals surface area contributed by atoms with E-state index in [-0.39, 0.29) is 11.8 Å². The van der Waals surface area contributed by atoms with Gasteiger partial charge in [-0.3, -0.25) is 0 Å². The van der Waals surface area contributed by atoms with Crippen molar-refractivity contribution in [2.45, 2.75) is 22.7 Å². The Morgan fingerprint density at radius 3 is 0.783 bits per heavy atom. The zero-order valence-electron chi connectivity index (χ0n) is 57.6. The fraction of sp³-hybridized carbons (Fsp3) is 0.0400. The van der Waals surface area contributed by atoms with Crippen LogP contribution in [0.4, 0.5) is 0 Å². The standard InChI is InChI=1S/C100H64N6/c1-7-27-63(28-8-1)93-101-95(69-33-25-31-65(57-69)67-49-53-79-77-43-21-23-47-87(77)99(89(79)61-67,73-35-11-3-12-36-73)74-37-13-4-14-38-74)105-97(103-93)71-51-55-83-85(59-71)91-81-45-19-20-46-82(81)92(83)86-60-72(52-56-84(86)91)98-104-94(64-29-9-2-10-30-64)102-96(106-98)70-34-26-32-66(58-70)68-50-54-80-78-44-22-24-48-88(78)100(90(80)62-68,75-39-15-5-16-40-75)76-41-17-6-18-42-76/h1-62,91-92H. The largest absolute Gasteiger partial charge is 0.208 e. The van der Waals surface area contributed by atoms with Crippen LogP contribution in [0, 0.1) is 0 Å². The Kier molecular flexibility index (Phi) is 14.1. The van der Waals surface area contributed by atoms with Gasteiger partial charge in [-0.2, -0.15) is 0 Å². The zero-order chi connectivity index (χ0) is 69.9.